The second kappa shape index (κ2) is 6.03. The lowest BCUT2D eigenvalue weighted by Gasteiger charge is -2.20. The molecular formula is C15H18N4O2. The van der Waals surface area contributed by atoms with Crippen molar-refractivity contribution in [1.82, 2.24) is 20.2 Å². The molecule has 110 valence electrons. The molecule has 0 atom stereocenters. The van der Waals surface area contributed by atoms with Gasteiger partial charge in [0.15, 0.2) is 5.82 Å². The van der Waals surface area contributed by atoms with Crippen LogP contribution in [0.15, 0.2) is 24.3 Å². The fraction of sp³-hybridized carbons (Fsp3) is 0.467. The Bertz CT molecular complexity index is 615. The minimum atomic E-state index is -0.910. The third kappa shape index (κ3) is 3.09. The zero-order chi connectivity index (χ0) is 14.7. The van der Waals surface area contributed by atoms with Crippen molar-refractivity contribution < 1.29 is 9.90 Å². The van der Waals surface area contributed by atoms with Gasteiger partial charge in [0.05, 0.1) is 12.1 Å². The van der Waals surface area contributed by atoms with Crippen LogP contribution in [-0.4, -0.2) is 31.3 Å². The van der Waals surface area contributed by atoms with Crippen molar-refractivity contribution in [2.75, 3.05) is 0 Å². The maximum atomic E-state index is 10.9. The lowest BCUT2D eigenvalue weighted by atomic mass is 9.89. The molecule has 0 unspecified atom stereocenters. The zero-order valence-electron chi connectivity index (χ0n) is 11.8. The van der Waals surface area contributed by atoms with Gasteiger partial charge in [-0.25, -0.2) is 9.48 Å². The molecule has 21 heavy (non-hydrogen) atoms. The van der Waals surface area contributed by atoms with E-state index in [2.05, 4.69) is 15.5 Å². The summed E-state index contributed by atoms with van der Waals surface area (Å²) in [5, 5.41) is 21.0. The molecule has 0 bridgehead atoms. The van der Waals surface area contributed by atoms with Gasteiger partial charge in [0.2, 0.25) is 0 Å². The van der Waals surface area contributed by atoms with Crippen molar-refractivity contribution in [3.63, 3.8) is 0 Å². The van der Waals surface area contributed by atoms with Crippen molar-refractivity contribution in [2.24, 2.45) is 0 Å². The van der Waals surface area contributed by atoms with Crippen LogP contribution in [0.2, 0.25) is 0 Å². The number of hydrogen-bond acceptors (Lipinski definition) is 4. The average molecular weight is 286 g/mol. The van der Waals surface area contributed by atoms with Crippen LogP contribution in [0.3, 0.4) is 0 Å². The molecule has 1 aliphatic rings. The van der Waals surface area contributed by atoms with Gasteiger partial charge in [-0.05, 0) is 41.0 Å². The molecule has 6 nitrogen and oxygen atoms in total. The van der Waals surface area contributed by atoms with Crippen molar-refractivity contribution >= 4 is 5.97 Å². The molecule has 1 heterocycles. The Morgan fingerprint density at radius 1 is 1.19 bits per heavy atom. The second-order valence-electron chi connectivity index (χ2n) is 5.53. The summed E-state index contributed by atoms with van der Waals surface area (Å²) in [6.45, 7) is 0.582. The molecule has 0 saturated heterocycles. The first kappa shape index (κ1) is 13.7. The lowest BCUT2D eigenvalue weighted by Crippen LogP contribution is -2.14. The van der Waals surface area contributed by atoms with Crippen molar-refractivity contribution in [1.29, 1.82) is 0 Å². The molecule has 1 aromatic heterocycles. The van der Waals surface area contributed by atoms with Gasteiger partial charge in [0, 0.05) is 5.92 Å². The standard InChI is InChI=1S/C15H18N4O2/c20-15(21)13-8-6-11(7-9-13)10-19-14(16-17-18-19)12-4-2-1-3-5-12/h6-9,12H,1-5,10H2,(H,20,21). The van der Waals surface area contributed by atoms with E-state index in [-0.39, 0.29) is 0 Å². The first-order valence-electron chi connectivity index (χ1n) is 7.32. The number of hydrogen-bond donors (Lipinski definition) is 1. The second-order valence-corrected chi connectivity index (χ2v) is 5.53. The van der Waals surface area contributed by atoms with Crippen LogP contribution >= 0.6 is 0 Å². The summed E-state index contributed by atoms with van der Waals surface area (Å²) in [5.41, 5.74) is 1.30. The van der Waals surface area contributed by atoms with Crippen LogP contribution in [-0.2, 0) is 6.54 Å². The molecule has 6 heteroatoms. The number of carboxylic acids is 1. The lowest BCUT2D eigenvalue weighted by molar-refractivity contribution is 0.0697. The Labute approximate surface area is 122 Å². The van der Waals surface area contributed by atoms with Gasteiger partial charge in [-0.2, -0.15) is 0 Å². The maximum Gasteiger partial charge on any atom is 0.335 e. The number of carboxylic acid groups (broad SMARTS) is 1. The Morgan fingerprint density at radius 2 is 1.90 bits per heavy atom. The third-order valence-corrected chi connectivity index (χ3v) is 4.06. The van der Waals surface area contributed by atoms with Crippen LogP contribution in [0, 0.1) is 0 Å². The summed E-state index contributed by atoms with van der Waals surface area (Å²) < 4.78 is 1.84. The van der Waals surface area contributed by atoms with E-state index in [1.54, 1.807) is 12.1 Å². The number of benzene rings is 1. The van der Waals surface area contributed by atoms with Gasteiger partial charge in [0.25, 0.3) is 0 Å². The smallest absolute Gasteiger partial charge is 0.335 e. The zero-order valence-corrected chi connectivity index (χ0v) is 11.8. The highest BCUT2D eigenvalue weighted by atomic mass is 16.4. The predicted octanol–water partition coefficient (Wildman–Crippen LogP) is 2.47. The van der Waals surface area contributed by atoms with E-state index in [1.165, 1.54) is 19.3 Å². The Kier molecular flexibility index (Phi) is 3.94. The van der Waals surface area contributed by atoms with Gasteiger partial charge in [0.1, 0.15) is 0 Å². The van der Waals surface area contributed by atoms with Gasteiger partial charge >= 0.3 is 5.97 Å². The van der Waals surface area contributed by atoms with Crippen molar-refractivity contribution in [3.05, 3.63) is 41.2 Å². The van der Waals surface area contributed by atoms with E-state index in [0.717, 1.165) is 24.2 Å². The number of aromatic nitrogens is 4. The number of tetrazole rings is 1. The summed E-state index contributed by atoms with van der Waals surface area (Å²) in [5.74, 6) is 0.496. The van der Waals surface area contributed by atoms with E-state index >= 15 is 0 Å². The van der Waals surface area contributed by atoms with Crippen molar-refractivity contribution in [3.8, 4) is 0 Å². The Balaban J connectivity index is 1.75. The number of nitrogens with zero attached hydrogens (tertiary/aromatic N) is 4. The third-order valence-electron chi connectivity index (χ3n) is 4.06. The van der Waals surface area contributed by atoms with Gasteiger partial charge in [-0.1, -0.05) is 31.4 Å². The first-order chi connectivity index (χ1) is 10.2. The number of carbonyl (C=O) groups is 1. The molecule has 2 aromatic rings. The Hall–Kier alpha value is -2.24. The first-order valence-corrected chi connectivity index (χ1v) is 7.32. The molecule has 0 aliphatic heterocycles. The van der Waals surface area contributed by atoms with Crippen LogP contribution in [0.5, 0.6) is 0 Å². The minimum absolute atomic E-state index is 0.294. The minimum Gasteiger partial charge on any atom is -0.478 e. The van der Waals surface area contributed by atoms with E-state index < -0.39 is 5.97 Å². The number of aromatic carboxylic acids is 1. The maximum absolute atomic E-state index is 10.9. The molecule has 1 N–H and O–H groups in total. The molecule has 0 spiro atoms. The highest BCUT2D eigenvalue weighted by Crippen LogP contribution is 2.31. The number of rotatable bonds is 4. The molecular weight excluding hydrogens is 268 g/mol. The summed E-state index contributed by atoms with van der Waals surface area (Å²) in [6.07, 6.45) is 6.08. The topological polar surface area (TPSA) is 80.9 Å². The molecule has 1 aromatic carbocycles. The summed E-state index contributed by atoms with van der Waals surface area (Å²) in [4.78, 5) is 10.9. The van der Waals surface area contributed by atoms with Crippen LogP contribution in [0.4, 0.5) is 0 Å². The Morgan fingerprint density at radius 3 is 2.57 bits per heavy atom. The van der Waals surface area contributed by atoms with E-state index in [1.807, 2.05) is 16.8 Å². The fourth-order valence-electron chi connectivity index (χ4n) is 2.90. The van der Waals surface area contributed by atoms with E-state index in [9.17, 15) is 4.79 Å². The van der Waals surface area contributed by atoms with Gasteiger partial charge in [-0.15, -0.1) is 5.10 Å². The van der Waals surface area contributed by atoms with Crippen molar-refractivity contribution in [2.45, 2.75) is 44.6 Å². The monoisotopic (exact) mass is 286 g/mol. The SMILES string of the molecule is O=C(O)c1ccc(Cn2nnnc2C2CCCCC2)cc1. The van der Waals surface area contributed by atoms with Gasteiger partial charge < -0.3 is 5.11 Å². The average Bonchev–Trinajstić information content (AvgIpc) is 2.97. The molecule has 1 fully saturated rings. The largest absolute Gasteiger partial charge is 0.478 e. The predicted molar refractivity (Wildman–Crippen MR) is 76.1 cm³/mol. The summed E-state index contributed by atoms with van der Waals surface area (Å²) in [7, 11) is 0. The molecule has 3 rings (SSSR count). The normalized spacial score (nSPS) is 16.0. The molecule has 0 radical (unpaired) electrons. The van der Waals surface area contributed by atoms with E-state index in [0.29, 0.717) is 18.0 Å². The molecule has 1 aliphatic carbocycles. The highest BCUT2D eigenvalue weighted by molar-refractivity contribution is 5.87. The summed E-state index contributed by atoms with van der Waals surface area (Å²) >= 11 is 0. The van der Waals surface area contributed by atoms with Gasteiger partial charge in [-0.3, -0.25) is 0 Å². The fourth-order valence-corrected chi connectivity index (χ4v) is 2.90. The van der Waals surface area contributed by atoms with Crippen LogP contribution in [0.1, 0.15) is 59.8 Å². The molecule has 0 amide bonds. The quantitative estimate of drug-likeness (QED) is 0.933. The van der Waals surface area contributed by atoms with E-state index in [4.69, 9.17) is 5.11 Å². The van der Waals surface area contributed by atoms with Crippen LogP contribution < -0.4 is 0 Å². The summed E-state index contributed by atoms with van der Waals surface area (Å²) in [6, 6.07) is 6.86. The molecule has 1 saturated carbocycles. The van der Waals surface area contributed by atoms with Crippen LogP contribution in [0.25, 0.3) is 0 Å². The highest BCUT2D eigenvalue weighted by Gasteiger charge is 2.21.